The van der Waals surface area contributed by atoms with Crippen molar-refractivity contribution in [2.24, 2.45) is 0 Å². The molecule has 1 aromatic carbocycles. The summed E-state index contributed by atoms with van der Waals surface area (Å²) in [4.78, 5) is 4.80. The van der Waals surface area contributed by atoms with Gasteiger partial charge in [0.1, 0.15) is 6.17 Å². The summed E-state index contributed by atoms with van der Waals surface area (Å²) in [5.74, 6) is 0. The van der Waals surface area contributed by atoms with E-state index in [1.165, 1.54) is 30.5 Å². The van der Waals surface area contributed by atoms with Gasteiger partial charge in [0.15, 0.2) is 0 Å². The number of unbranched alkanes of at least 4 members (excludes halogenated alkanes) is 2. The molecule has 1 heterocycles. The standard InChI is InChI=1S/C16H24N2/c1-4-5-8-11-17-12-13-18(15(17)3)16-10-7-6-9-14(16)2/h6-7,9-10,12-13,15H,4-5,8,11H2,1-3H3. The van der Waals surface area contributed by atoms with Crippen LogP contribution in [0.1, 0.15) is 38.7 Å². The molecule has 0 fully saturated rings. The van der Waals surface area contributed by atoms with Crippen molar-refractivity contribution >= 4 is 5.69 Å². The van der Waals surface area contributed by atoms with Crippen LogP contribution in [0.25, 0.3) is 0 Å². The molecule has 1 unspecified atom stereocenters. The summed E-state index contributed by atoms with van der Waals surface area (Å²) in [6.45, 7) is 7.87. The van der Waals surface area contributed by atoms with Crippen molar-refractivity contribution in [3.8, 4) is 0 Å². The van der Waals surface area contributed by atoms with Gasteiger partial charge in [-0.2, -0.15) is 0 Å². The second-order valence-corrected chi connectivity index (χ2v) is 5.07. The number of aryl methyl sites for hydroxylation is 1. The average molecular weight is 244 g/mol. The Hall–Kier alpha value is -1.44. The summed E-state index contributed by atoms with van der Waals surface area (Å²) >= 11 is 0. The predicted octanol–water partition coefficient (Wildman–Crippen LogP) is 4.12. The lowest BCUT2D eigenvalue weighted by Gasteiger charge is -2.30. The molecule has 0 spiro atoms. The lowest BCUT2D eigenvalue weighted by atomic mass is 10.2. The number of hydrogen-bond acceptors (Lipinski definition) is 2. The first-order valence-electron chi connectivity index (χ1n) is 7.02. The van der Waals surface area contributed by atoms with E-state index in [2.05, 4.69) is 67.2 Å². The molecule has 0 N–H and O–H groups in total. The zero-order valence-electron chi connectivity index (χ0n) is 11.8. The maximum atomic E-state index is 2.43. The Morgan fingerprint density at radius 3 is 2.61 bits per heavy atom. The van der Waals surface area contributed by atoms with Crippen LogP contribution in [-0.2, 0) is 0 Å². The van der Waals surface area contributed by atoms with Crippen molar-refractivity contribution in [3.05, 3.63) is 42.2 Å². The molecule has 98 valence electrons. The van der Waals surface area contributed by atoms with Gasteiger partial charge in [0.05, 0.1) is 0 Å². The van der Waals surface area contributed by atoms with Gasteiger partial charge in [-0.15, -0.1) is 0 Å². The molecule has 0 saturated carbocycles. The molecule has 0 aliphatic carbocycles. The van der Waals surface area contributed by atoms with Crippen LogP contribution < -0.4 is 4.90 Å². The first-order valence-corrected chi connectivity index (χ1v) is 7.02. The Kier molecular flexibility index (Phi) is 4.29. The third-order valence-corrected chi connectivity index (χ3v) is 3.71. The van der Waals surface area contributed by atoms with E-state index < -0.39 is 0 Å². The molecule has 2 heteroatoms. The summed E-state index contributed by atoms with van der Waals surface area (Å²) < 4.78 is 0. The molecule has 1 atom stereocenters. The maximum absolute atomic E-state index is 2.43. The van der Waals surface area contributed by atoms with Crippen LogP contribution >= 0.6 is 0 Å². The second-order valence-electron chi connectivity index (χ2n) is 5.07. The summed E-state index contributed by atoms with van der Waals surface area (Å²) in [7, 11) is 0. The van der Waals surface area contributed by atoms with Crippen LogP contribution in [-0.4, -0.2) is 17.6 Å². The number of para-hydroxylation sites is 1. The van der Waals surface area contributed by atoms with Crippen LogP contribution in [0.2, 0.25) is 0 Å². The largest absolute Gasteiger partial charge is 0.356 e. The fraction of sp³-hybridized carbons (Fsp3) is 0.500. The fourth-order valence-electron chi connectivity index (χ4n) is 2.51. The zero-order valence-corrected chi connectivity index (χ0v) is 11.8. The van der Waals surface area contributed by atoms with Crippen molar-refractivity contribution in [1.29, 1.82) is 0 Å². The Labute approximate surface area is 111 Å². The molecule has 0 saturated heterocycles. The molecule has 1 aromatic rings. The van der Waals surface area contributed by atoms with Gasteiger partial charge in [-0.25, -0.2) is 0 Å². The van der Waals surface area contributed by atoms with Crippen LogP contribution in [0.5, 0.6) is 0 Å². The van der Waals surface area contributed by atoms with Gasteiger partial charge in [-0.05, 0) is 31.9 Å². The Morgan fingerprint density at radius 1 is 1.11 bits per heavy atom. The van der Waals surface area contributed by atoms with Crippen molar-refractivity contribution < 1.29 is 0 Å². The van der Waals surface area contributed by atoms with Gasteiger partial charge in [-0.3, -0.25) is 0 Å². The zero-order chi connectivity index (χ0) is 13.0. The molecule has 18 heavy (non-hydrogen) atoms. The number of anilines is 1. The van der Waals surface area contributed by atoms with E-state index in [1.54, 1.807) is 0 Å². The summed E-state index contributed by atoms with van der Waals surface area (Å²) in [5, 5.41) is 0. The maximum Gasteiger partial charge on any atom is 0.102 e. The van der Waals surface area contributed by atoms with Crippen LogP contribution in [0.3, 0.4) is 0 Å². The molecule has 0 amide bonds. The predicted molar refractivity (Wildman–Crippen MR) is 78.5 cm³/mol. The van der Waals surface area contributed by atoms with Gasteiger partial charge in [0, 0.05) is 24.6 Å². The number of rotatable bonds is 5. The fourth-order valence-corrected chi connectivity index (χ4v) is 2.51. The lowest BCUT2D eigenvalue weighted by Crippen LogP contribution is -2.36. The van der Waals surface area contributed by atoms with Gasteiger partial charge in [-0.1, -0.05) is 38.0 Å². The van der Waals surface area contributed by atoms with E-state index >= 15 is 0 Å². The minimum absolute atomic E-state index is 0.433. The summed E-state index contributed by atoms with van der Waals surface area (Å²) in [6, 6.07) is 8.59. The molecule has 1 aliphatic heterocycles. The van der Waals surface area contributed by atoms with Crippen LogP contribution in [0.4, 0.5) is 5.69 Å². The van der Waals surface area contributed by atoms with Gasteiger partial charge in [0.25, 0.3) is 0 Å². The molecular weight excluding hydrogens is 220 g/mol. The smallest absolute Gasteiger partial charge is 0.102 e. The van der Waals surface area contributed by atoms with Crippen LogP contribution in [0.15, 0.2) is 36.7 Å². The van der Waals surface area contributed by atoms with Gasteiger partial charge < -0.3 is 9.80 Å². The van der Waals surface area contributed by atoms with E-state index in [4.69, 9.17) is 0 Å². The highest BCUT2D eigenvalue weighted by molar-refractivity contribution is 5.56. The van der Waals surface area contributed by atoms with E-state index in [1.807, 2.05) is 0 Å². The average Bonchev–Trinajstić information content (AvgIpc) is 2.72. The molecular formula is C16H24N2. The molecule has 1 aliphatic rings. The summed E-state index contributed by atoms with van der Waals surface area (Å²) in [5.41, 5.74) is 2.66. The van der Waals surface area contributed by atoms with Crippen molar-refractivity contribution in [2.75, 3.05) is 11.4 Å². The van der Waals surface area contributed by atoms with E-state index in [0.29, 0.717) is 6.17 Å². The molecule has 0 radical (unpaired) electrons. The highest BCUT2D eigenvalue weighted by Gasteiger charge is 2.23. The first-order chi connectivity index (χ1) is 8.74. The molecule has 0 aromatic heterocycles. The normalized spacial score (nSPS) is 18.7. The third-order valence-electron chi connectivity index (χ3n) is 3.71. The minimum atomic E-state index is 0.433. The van der Waals surface area contributed by atoms with Gasteiger partial charge >= 0.3 is 0 Å². The Balaban J connectivity index is 2.01. The van der Waals surface area contributed by atoms with Crippen molar-refractivity contribution in [1.82, 2.24) is 4.90 Å². The van der Waals surface area contributed by atoms with E-state index in [-0.39, 0.29) is 0 Å². The second kappa shape index (κ2) is 5.94. The Bertz CT molecular complexity index is 411. The number of hydrogen-bond donors (Lipinski definition) is 0. The molecule has 0 bridgehead atoms. The lowest BCUT2D eigenvalue weighted by molar-refractivity contribution is 0.311. The SMILES string of the molecule is CCCCCN1C=CN(c2ccccc2C)C1C. The quantitative estimate of drug-likeness (QED) is 0.719. The van der Waals surface area contributed by atoms with E-state index in [9.17, 15) is 0 Å². The number of nitrogens with zero attached hydrogens (tertiary/aromatic N) is 2. The molecule has 2 rings (SSSR count). The highest BCUT2D eigenvalue weighted by atomic mass is 15.4. The number of benzene rings is 1. The van der Waals surface area contributed by atoms with Gasteiger partial charge in [0.2, 0.25) is 0 Å². The van der Waals surface area contributed by atoms with Crippen LogP contribution in [0, 0.1) is 6.92 Å². The minimum Gasteiger partial charge on any atom is -0.356 e. The Morgan fingerprint density at radius 2 is 1.89 bits per heavy atom. The summed E-state index contributed by atoms with van der Waals surface area (Å²) in [6.07, 6.45) is 8.76. The third kappa shape index (κ3) is 2.69. The monoisotopic (exact) mass is 244 g/mol. The van der Waals surface area contributed by atoms with Crippen molar-refractivity contribution in [2.45, 2.75) is 46.2 Å². The molecule has 2 nitrogen and oxygen atoms in total. The first kappa shape index (κ1) is 13.0. The highest BCUT2D eigenvalue weighted by Crippen LogP contribution is 2.27. The topological polar surface area (TPSA) is 6.48 Å². The van der Waals surface area contributed by atoms with E-state index in [0.717, 1.165) is 6.54 Å². The van der Waals surface area contributed by atoms with Crippen molar-refractivity contribution in [3.63, 3.8) is 0 Å².